The maximum atomic E-state index is 14.7. The summed E-state index contributed by atoms with van der Waals surface area (Å²) in [4.78, 5) is 2.14. The Morgan fingerprint density at radius 3 is 2.54 bits per heavy atom. The van der Waals surface area contributed by atoms with Crippen LogP contribution in [0, 0.1) is 51.1 Å². The second kappa shape index (κ2) is 6.64. The van der Waals surface area contributed by atoms with E-state index in [2.05, 4.69) is 11.0 Å². The van der Waals surface area contributed by atoms with Crippen LogP contribution in [0.3, 0.4) is 0 Å². The summed E-state index contributed by atoms with van der Waals surface area (Å²) < 4.78 is 14.7. The van der Waals surface area contributed by atoms with Gasteiger partial charge in [0.25, 0.3) is 0 Å². The van der Waals surface area contributed by atoms with E-state index in [-0.39, 0.29) is 22.8 Å². The summed E-state index contributed by atoms with van der Waals surface area (Å²) in [6, 6.07) is 12.3. The topological polar surface area (TPSA) is 101 Å². The van der Waals surface area contributed by atoms with Crippen molar-refractivity contribution in [2.75, 3.05) is 19.6 Å². The molecule has 2 unspecified atom stereocenters. The first-order chi connectivity index (χ1) is 12.5. The number of hydrogen-bond donors (Lipinski definition) is 1. The quantitative estimate of drug-likeness (QED) is 0.886. The van der Waals surface area contributed by atoms with Crippen LogP contribution in [0.4, 0.5) is 4.39 Å². The minimum Gasteiger partial charge on any atom is -0.399 e. The van der Waals surface area contributed by atoms with Crippen LogP contribution in [0.5, 0.6) is 0 Å². The molecule has 3 rings (SSSR count). The van der Waals surface area contributed by atoms with Crippen molar-refractivity contribution in [2.45, 2.75) is 12.8 Å². The van der Waals surface area contributed by atoms with Crippen molar-refractivity contribution >= 4 is 0 Å². The third-order valence-corrected chi connectivity index (χ3v) is 5.43. The zero-order chi connectivity index (χ0) is 18.9. The summed E-state index contributed by atoms with van der Waals surface area (Å²) in [7, 11) is 0. The summed E-state index contributed by atoms with van der Waals surface area (Å²) in [5, 5.41) is 29.4. The van der Waals surface area contributed by atoms with E-state index in [0.29, 0.717) is 18.7 Å². The van der Waals surface area contributed by atoms with Crippen LogP contribution in [0.1, 0.15) is 18.4 Å². The van der Waals surface area contributed by atoms with Crippen molar-refractivity contribution in [1.82, 2.24) is 4.90 Å². The number of nitrogens with zero attached hydrogens (tertiary/aromatic N) is 4. The Labute approximate surface area is 152 Å². The zero-order valence-electron chi connectivity index (χ0n) is 14.4. The Balaban J connectivity index is 2.34. The highest BCUT2D eigenvalue weighted by atomic mass is 19.1. The van der Waals surface area contributed by atoms with Crippen molar-refractivity contribution in [1.29, 1.82) is 15.8 Å². The fourth-order valence-electron chi connectivity index (χ4n) is 4.07. The Morgan fingerprint density at radius 1 is 1.27 bits per heavy atom. The van der Waals surface area contributed by atoms with E-state index < -0.39 is 17.2 Å². The van der Waals surface area contributed by atoms with E-state index >= 15 is 0 Å². The third kappa shape index (κ3) is 2.37. The molecule has 0 spiro atoms. The third-order valence-electron chi connectivity index (χ3n) is 5.43. The molecule has 2 atom stereocenters. The molecule has 0 bridgehead atoms. The number of halogens is 1. The number of benzene rings is 1. The van der Waals surface area contributed by atoms with Crippen molar-refractivity contribution in [2.24, 2.45) is 17.1 Å². The SMILES string of the molecule is CCN1CC=C2C(C#N)=C(N)C(C#N)(C#N)C(c3ccccc3F)C2C1. The Hall–Kier alpha value is -3.14. The lowest BCUT2D eigenvalue weighted by Crippen LogP contribution is -2.48. The highest BCUT2D eigenvalue weighted by molar-refractivity contribution is 5.59. The molecule has 1 heterocycles. The second-order valence-electron chi connectivity index (χ2n) is 6.55. The molecule has 0 aromatic heterocycles. The maximum Gasteiger partial charge on any atom is 0.191 e. The summed E-state index contributed by atoms with van der Waals surface area (Å²) in [5.74, 6) is -1.62. The summed E-state index contributed by atoms with van der Waals surface area (Å²) >= 11 is 0. The number of nitriles is 3. The largest absolute Gasteiger partial charge is 0.399 e. The molecule has 0 saturated heterocycles. The molecule has 2 aliphatic rings. The molecule has 2 N–H and O–H groups in total. The molecule has 0 fully saturated rings. The number of fused-ring (bicyclic) bond motifs is 1. The van der Waals surface area contributed by atoms with Gasteiger partial charge in [0.2, 0.25) is 0 Å². The summed E-state index contributed by atoms with van der Waals surface area (Å²) in [6.45, 7) is 3.97. The number of hydrogen-bond acceptors (Lipinski definition) is 5. The minimum atomic E-state index is -1.79. The van der Waals surface area contributed by atoms with Gasteiger partial charge in [0.15, 0.2) is 5.41 Å². The lowest BCUT2D eigenvalue weighted by atomic mass is 9.58. The van der Waals surface area contributed by atoms with Crippen molar-refractivity contribution in [3.8, 4) is 18.2 Å². The average molecular weight is 347 g/mol. The summed E-state index contributed by atoms with van der Waals surface area (Å²) in [5.41, 5.74) is 5.49. The fourth-order valence-corrected chi connectivity index (χ4v) is 4.07. The van der Waals surface area contributed by atoms with Crippen molar-refractivity contribution in [3.05, 3.63) is 58.6 Å². The minimum absolute atomic E-state index is 0.0781. The van der Waals surface area contributed by atoms with E-state index in [1.54, 1.807) is 18.2 Å². The molecular weight excluding hydrogens is 329 g/mol. The molecule has 6 heteroatoms. The van der Waals surface area contributed by atoms with E-state index in [9.17, 15) is 20.2 Å². The van der Waals surface area contributed by atoms with Gasteiger partial charge in [0.1, 0.15) is 11.9 Å². The monoisotopic (exact) mass is 347 g/mol. The first-order valence-corrected chi connectivity index (χ1v) is 8.44. The van der Waals surface area contributed by atoms with Crippen molar-refractivity contribution in [3.63, 3.8) is 0 Å². The number of allylic oxidation sites excluding steroid dienone is 2. The smallest absolute Gasteiger partial charge is 0.191 e. The molecule has 1 aliphatic heterocycles. The van der Waals surface area contributed by atoms with Crippen LogP contribution in [0.15, 0.2) is 47.2 Å². The van der Waals surface area contributed by atoms with Gasteiger partial charge in [-0.1, -0.05) is 31.2 Å². The van der Waals surface area contributed by atoms with Crippen LogP contribution in [-0.2, 0) is 0 Å². The van der Waals surface area contributed by atoms with Gasteiger partial charge in [0.05, 0.1) is 23.4 Å². The van der Waals surface area contributed by atoms with E-state index in [0.717, 1.165) is 6.54 Å². The molecule has 1 aliphatic carbocycles. The predicted octanol–water partition coefficient (Wildman–Crippen LogP) is 2.57. The van der Waals surface area contributed by atoms with Gasteiger partial charge in [-0.05, 0) is 23.7 Å². The lowest BCUT2D eigenvalue weighted by molar-refractivity contribution is 0.212. The molecule has 0 saturated carbocycles. The highest BCUT2D eigenvalue weighted by Crippen LogP contribution is 2.54. The Morgan fingerprint density at radius 2 is 1.96 bits per heavy atom. The van der Waals surface area contributed by atoms with Crippen LogP contribution in [-0.4, -0.2) is 24.5 Å². The van der Waals surface area contributed by atoms with Gasteiger partial charge in [-0.2, -0.15) is 15.8 Å². The number of nitrogens with two attached hydrogens (primary N) is 1. The molecule has 0 amide bonds. The maximum absolute atomic E-state index is 14.7. The van der Waals surface area contributed by atoms with Crippen molar-refractivity contribution < 1.29 is 4.39 Å². The van der Waals surface area contributed by atoms with Gasteiger partial charge in [-0.3, -0.25) is 4.90 Å². The standard InChI is InChI=1S/C20H18FN5/c1-2-26-8-7-13-15(9-22)19(25)20(11-23,12-24)18(16(13)10-26)14-5-3-4-6-17(14)21/h3-7,16,18H,2,8,10,25H2,1H3. The van der Waals surface area contributed by atoms with Crippen LogP contribution < -0.4 is 5.73 Å². The normalized spacial score (nSPS) is 24.7. The first kappa shape index (κ1) is 17.7. The van der Waals surface area contributed by atoms with Crippen LogP contribution in [0.25, 0.3) is 0 Å². The molecule has 26 heavy (non-hydrogen) atoms. The summed E-state index contributed by atoms with van der Waals surface area (Å²) in [6.07, 6.45) is 1.91. The first-order valence-electron chi connectivity index (χ1n) is 8.44. The number of rotatable bonds is 2. The van der Waals surface area contributed by atoms with Crippen LogP contribution >= 0.6 is 0 Å². The lowest BCUT2D eigenvalue weighted by Gasteiger charge is -2.45. The van der Waals surface area contributed by atoms with E-state index in [4.69, 9.17) is 5.73 Å². The predicted molar refractivity (Wildman–Crippen MR) is 93.3 cm³/mol. The molecule has 5 nitrogen and oxygen atoms in total. The average Bonchev–Trinajstić information content (AvgIpc) is 2.67. The zero-order valence-corrected chi connectivity index (χ0v) is 14.4. The second-order valence-corrected chi connectivity index (χ2v) is 6.55. The molecule has 130 valence electrons. The fraction of sp³-hybridized carbons (Fsp3) is 0.350. The molecular formula is C20H18FN5. The Kier molecular flexibility index (Phi) is 4.51. The number of likely N-dealkylation sites (N-methyl/N-ethyl adjacent to an activating group) is 1. The van der Waals surface area contributed by atoms with E-state index in [1.807, 2.05) is 25.1 Å². The Bertz CT molecular complexity index is 911. The van der Waals surface area contributed by atoms with Gasteiger partial charge in [-0.25, -0.2) is 4.39 Å². The van der Waals surface area contributed by atoms with Gasteiger partial charge < -0.3 is 5.73 Å². The van der Waals surface area contributed by atoms with Gasteiger partial charge in [0, 0.05) is 24.9 Å². The molecule has 1 aromatic rings. The van der Waals surface area contributed by atoms with Crippen LogP contribution in [0.2, 0.25) is 0 Å². The molecule has 1 aromatic carbocycles. The molecule has 0 radical (unpaired) electrons. The highest BCUT2D eigenvalue weighted by Gasteiger charge is 2.55. The van der Waals surface area contributed by atoms with Gasteiger partial charge >= 0.3 is 0 Å². The van der Waals surface area contributed by atoms with E-state index in [1.165, 1.54) is 6.07 Å². The van der Waals surface area contributed by atoms with Gasteiger partial charge in [-0.15, -0.1) is 0 Å².